The van der Waals surface area contributed by atoms with Crippen LogP contribution in [0.3, 0.4) is 0 Å². The number of hydrogen-bond acceptors (Lipinski definition) is 4. The highest BCUT2D eigenvalue weighted by Gasteiger charge is 2.14. The lowest BCUT2D eigenvalue weighted by atomic mass is 10.2. The van der Waals surface area contributed by atoms with Crippen molar-refractivity contribution in [3.63, 3.8) is 0 Å². The standard InChI is InChI=1S/C15H17BrN2O3/c1-11-14(21-10-13-6-4-3-5-7-13)15(16)18(17-11)8-9-20-12(2)19/h3-7H,8-10H2,1-2H3. The highest BCUT2D eigenvalue weighted by Crippen LogP contribution is 2.29. The molecule has 0 atom stereocenters. The molecule has 0 aliphatic carbocycles. The predicted octanol–water partition coefficient (Wildman–Crippen LogP) is 3.10. The van der Waals surface area contributed by atoms with E-state index >= 15 is 0 Å². The second-order valence-corrected chi connectivity index (χ2v) is 5.29. The van der Waals surface area contributed by atoms with E-state index in [1.54, 1.807) is 4.68 Å². The zero-order valence-corrected chi connectivity index (χ0v) is 13.6. The number of nitrogens with zero attached hydrogens (tertiary/aromatic N) is 2. The summed E-state index contributed by atoms with van der Waals surface area (Å²) in [6, 6.07) is 9.94. The van der Waals surface area contributed by atoms with Crippen LogP contribution in [0.2, 0.25) is 0 Å². The van der Waals surface area contributed by atoms with Crippen LogP contribution >= 0.6 is 15.9 Å². The maximum Gasteiger partial charge on any atom is 0.302 e. The lowest BCUT2D eigenvalue weighted by Crippen LogP contribution is -2.10. The number of hydrogen-bond donors (Lipinski definition) is 0. The van der Waals surface area contributed by atoms with Crippen molar-refractivity contribution >= 4 is 21.9 Å². The number of rotatable bonds is 6. The van der Waals surface area contributed by atoms with Crippen LogP contribution in [0.1, 0.15) is 18.2 Å². The van der Waals surface area contributed by atoms with Crippen molar-refractivity contribution in [2.24, 2.45) is 0 Å². The Hall–Kier alpha value is -1.82. The Bertz CT molecular complexity index is 611. The number of ether oxygens (including phenoxy) is 2. The fraction of sp³-hybridized carbons (Fsp3) is 0.333. The average molecular weight is 353 g/mol. The number of halogens is 1. The summed E-state index contributed by atoms with van der Waals surface area (Å²) in [4.78, 5) is 10.8. The van der Waals surface area contributed by atoms with Crippen molar-refractivity contribution < 1.29 is 14.3 Å². The summed E-state index contributed by atoms with van der Waals surface area (Å²) in [5.41, 5.74) is 1.89. The zero-order valence-electron chi connectivity index (χ0n) is 12.0. The van der Waals surface area contributed by atoms with Crippen LogP contribution < -0.4 is 4.74 Å². The smallest absolute Gasteiger partial charge is 0.302 e. The van der Waals surface area contributed by atoms with Crippen LogP contribution in [-0.4, -0.2) is 22.4 Å². The zero-order chi connectivity index (χ0) is 15.2. The predicted molar refractivity (Wildman–Crippen MR) is 82.1 cm³/mol. The Labute approximate surface area is 132 Å². The fourth-order valence-electron chi connectivity index (χ4n) is 1.85. The lowest BCUT2D eigenvalue weighted by molar-refractivity contribution is -0.141. The van der Waals surface area contributed by atoms with E-state index < -0.39 is 0 Å². The molecule has 0 saturated carbocycles. The van der Waals surface area contributed by atoms with Crippen molar-refractivity contribution in [3.8, 4) is 5.75 Å². The topological polar surface area (TPSA) is 53.4 Å². The van der Waals surface area contributed by atoms with Gasteiger partial charge in [-0.1, -0.05) is 30.3 Å². The van der Waals surface area contributed by atoms with Crippen molar-refractivity contribution in [3.05, 3.63) is 46.2 Å². The van der Waals surface area contributed by atoms with Gasteiger partial charge in [0, 0.05) is 6.92 Å². The van der Waals surface area contributed by atoms with E-state index in [2.05, 4.69) is 21.0 Å². The fourth-order valence-corrected chi connectivity index (χ4v) is 2.51. The summed E-state index contributed by atoms with van der Waals surface area (Å²) < 4.78 is 13.2. The van der Waals surface area contributed by atoms with Gasteiger partial charge in [-0.3, -0.25) is 9.48 Å². The van der Waals surface area contributed by atoms with E-state index in [-0.39, 0.29) is 12.6 Å². The lowest BCUT2D eigenvalue weighted by Gasteiger charge is -2.06. The SMILES string of the molecule is CC(=O)OCCn1nc(C)c(OCc2ccccc2)c1Br. The molecular weight excluding hydrogens is 336 g/mol. The molecule has 2 rings (SSSR count). The Morgan fingerprint density at radius 1 is 1.33 bits per heavy atom. The second-order valence-electron chi connectivity index (χ2n) is 4.54. The molecule has 0 saturated heterocycles. The van der Waals surface area contributed by atoms with E-state index in [9.17, 15) is 4.79 Å². The van der Waals surface area contributed by atoms with Gasteiger partial charge in [0.1, 0.15) is 23.5 Å². The summed E-state index contributed by atoms with van der Waals surface area (Å²) in [6.45, 7) is 4.52. The quantitative estimate of drug-likeness (QED) is 0.749. The molecule has 2 aromatic rings. The first-order valence-electron chi connectivity index (χ1n) is 6.61. The Kier molecular flexibility index (Phi) is 5.38. The molecule has 0 aliphatic rings. The number of aromatic nitrogens is 2. The maximum atomic E-state index is 10.8. The van der Waals surface area contributed by atoms with Gasteiger partial charge in [-0.2, -0.15) is 5.10 Å². The molecule has 1 aromatic heterocycles. The van der Waals surface area contributed by atoms with E-state index in [1.807, 2.05) is 37.3 Å². The average Bonchev–Trinajstić information content (AvgIpc) is 2.72. The van der Waals surface area contributed by atoms with E-state index in [1.165, 1.54) is 6.92 Å². The van der Waals surface area contributed by atoms with Crippen LogP contribution in [-0.2, 0) is 22.7 Å². The molecule has 112 valence electrons. The largest absolute Gasteiger partial charge is 0.484 e. The van der Waals surface area contributed by atoms with Crippen LogP contribution in [0.4, 0.5) is 0 Å². The second kappa shape index (κ2) is 7.26. The third kappa shape index (κ3) is 4.32. The first-order valence-corrected chi connectivity index (χ1v) is 7.40. The number of benzene rings is 1. The van der Waals surface area contributed by atoms with Crippen LogP contribution in [0, 0.1) is 6.92 Å². The minimum Gasteiger partial charge on any atom is -0.484 e. The molecule has 0 fully saturated rings. The van der Waals surface area contributed by atoms with Gasteiger partial charge in [-0.15, -0.1) is 0 Å². The van der Waals surface area contributed by atoms with E-state index in [4.69, 9.17) is 9.47 Å². The van der Waals surface area contributed by atoms with Crippen molar-refractivity contribution in [1.82, 2.24) is 9.78 Å². The summed E-state index contributed by atoms with van der Waals surface area (Å²) in [5, 5.41) is 4.37. The highest BCUT2D eigenvalue weighted by atomic mass is 79.9. The molecule has 0 radical (unpaired) electrons. The van der Waals surface area contributed by atoms with Gasteiger partial charge < -0.3 is 9.47 Å². The molecule has 0 aliphatic heterocycles. The molecule has 21 heavy (non-hydrogen) atoms. The molecular formula is C15H17BrN2O3. The molecule has 5 nitrogen and oxygen atoms in total. The van der Waals surface area contributed by atoms with Crippen molar-refractivity contribution in [2.45, 2.75) is 27.0 Å². The monoisotopic (exact) mass is 352 g/mol. The molecule has 0 N–H and O–H groups in total. The summed E-state index contributed by atoms with van der Waals surface area (Å²) in [6.07, 6.45) is 0. The van der Waals surface area contributed by atoms with Crippen molar-refractivity contribution in [2.75, 3.05) is 6.61 Å². The Morgan fingerprint density at radius 2 is 2.05 bits per heavy atom. The van der Waals surface area contributed by atoms with Gasteiger partial charge in [-0.25, -0.2) is 0 Å². The molecule has 0 unspecified atom stereocenters. The first-order chi connectivity index (χ1) is 10.1. The normalized spacial score (nSPS) is 10.4. The molecule has 0 amide bonds. The van der Waals surface area contributed by atoms with Gasteiger partial charge in [-0.05, 0) is 28.4 Å². The molecule has 1 aromatic carbocycles. The highest BCUT2D eigenvalue weighted by molar-refractivity contribution is 9.10. The molecule has 0 bridgehead atoms. The van der Waals surface area contributed by atoms with Crippen molar-refractivity contribution in [1.29, 1.82) is 0 Å². The summed E-state index contributed by atoms with van der Waals surface area (Å²) in [5.74, 6) is 0.414. The van der Waals surface area contributed by atoms with Gasteiger partial charge in [0.05, 0.1) is 6.54 Å². The van der Waals surface area contributed by atoms with E-state index in [0.717, 1.165) is 15.9 Å². The van der Waals surface area contributed by atoms with Crippen LogP contribution in [0.15, 0.2) is 34.9 Å². The minimum atomic E-state index is -0.296. The maximum absolute atomic E-state index is 10.8. The van der Waals surface area contributed by atoms with Gasteiger partial charge in [0.15, 0.2) is 5.75 Å². The molecule has 1 heterocycles. The minimum absolute atomic E-state index is 0.285. The third-order valence-electron chi connectivity index (χ3n) is 2.85. The molecule has 6 heteroatoms. The molecule has 0 spiro atoms. The summed E-state index contributed by atoms with van der Waals surface area (Å²) in [7, 11) is 0. The van der Waals surface area contributed by atoms with Gasteiger partial charge >= 0.3 is 5.97 Å². The number of carbonyl (C=O) groups excluding carboxylic acids is 1. The van der Waals surface area contributed by atoms with Gasteiger partial charge in [0.25, 0.3) is 0 Å². The number of aryl methyl sites for hydroxylation is 1. The number of carbonyl (C=O) groups is 1. The van der Waals surface area contributed by atoms with Crippen LogP contribution in [0.5, 0.6) is 5.75 Å². The Morgan fingerprint density at radius 3 is 2.71 bits per heavy atom. The third-order valence-corrected chi connectivity index (χ3v) is 3.62. The summed E-state index contributed by atoms with van der Waals surface area (Å²) >= 11 is 3.48. The van der Waals surface area contributed by atoms with E-state index in [0.29, 0.717) is 18.9 Å². The number of esters is 1. The van der Waals surface area contributed by atoms with Crippen LogP contribution in [0.25, 0.3) is 0 Å². The first kappa shape index (κ1) is 15.6. The Balaban J connectivity index is 2.00. The van der Waals surface area contributed by atoms with Gasteiger partial charge in [0.2, 0.25) is 0 Å².